The molecule has 9 aromatic rings. The molecule has 30 nitrogen and oxygen atoms in total. The number of anilines is 1. The number of H-pyrrole nitrogens is 1. The van der Waals surface area contributed by atoms with Crippen LogP contribution >= 0.6 is 17.1 Å². The summed E-state index contributed by atoms with van der Waals surface area (Å²) >= 11 is 0. The van der Waals surface area contributed by atoms with Gasteiger partial charge in [0.05, 0.1) is 90.8 Å². The maximum atomic E-state index is 14.2. The van der Waals surface area contributed by atoms with Gasteiger partial charge < -0.3 is 76.0 Å². The number of carbonyl (C=O) groups is 4. The number of carbonyl (C=O) groups excluding carboxylic acids is 4. The summed E-state index contributed by atoms with van der Waals surface area (Å²) in [6.07, 6.45) is -4.48. The molecule has 12 rings (SSSR count). The largest absolute Gasteiger partial charge is 0.513 e. The normalized spacial score (nSPS) is 17.4. The van der Waals surface area contributed by atoms with Gasteiger partial charge in [0.15, 0.2) is 0 Å². The molecule has 0 radical (unpaired) electrons. The number of aromatic amines is 1. The Bertz CT molecular complexity index is 5120. The molecule has 7 aromatic carbocycles. The first-order valence-corrected chi connectivity index (χ1v) is 41.1. The molecule has 32 heteroatoms. The lowest BCUT2D eigenvalue weighted by Gasteiger charge is -2.37. The van der Waals surface area contributed by atoms with Crippen LogP contribution in [0.1, 0.15) is 127 Å². The molecule has 0 bridgehead atoms. The van der Waals surface area contributed by atoms with Crippen LogP contribution in [0.4, 0.5) is 15.4 Å². The van der Waals surface area contributed by atoms with E-state index in [-0.39, 0.29) is 131 Å². The van der Waals surface area contributed by atoms with Crippen molar-refractivity contribution in [2.24, 2.45) is 0 Å². The van der Waals surface area contributed by atoms with Crippen LogP contribution in [-0.2, 0) is 69.7 Å². The van der Waals surface area contributed by atoms with Crippen LogP contribution in [0.25, 0.3) is 11.1 Å². The molecule has 3 N–H and O–H groups in total. The van der Waals surface area contributed by atoms with E-state index in [9.17, 15) is 44.1 Å². The maximum Gasteiger partial charge on any atom is 0.513 e. The minimum atomic E-state index is -2.46. The minimum Gasteiger partial charge on any atom is -0.497 e. The molecule has 3 aliphatic rings. The Labute approximate surface area is 690 Å². The lowest BCUT2D eigenvalue weighted by atomic mass is 9.80. The molecule has 622 valence electrons. The first-order valence-electron chi connectivity index (χ1n) is 38.9. The van der Waals surface area contributed by atoms with E-state index in [0.29, 0.717) is 22.6 Å². The SMILES string of the molecule is COc1ccc(C(OCC2OC(n3cc(C)c(=O)[nH]c3=O)CC2OP(OCCC#N)OCC2OC(n3ccc(NC(=O)c4ccc(CNC(=O)Cc5ccc(OC(=O)OCCN(C)C(=O)OCC6c7ccccc7-c7ccccc76)cc5)cc4)nc3=O)CC2OP(OCCC#N)N(C(C)C)C(C)C)(c2ccccc2)c2ccc(OC)cc2)cc1. The van der Waals surface area contributed by atoms with E-state index in [1.807, 2.05) is 148 Å². The number of nitriles is 2. The number of benzene rings is 7. The number of hydrogen-bond donors (Lipinski definition) is 3. The smallest absolute Gasteiger partial charge is 0.497 e. The van der Waals surface area contributed by atoms with Crippen LogP contribution < -0.4 is 41.8 Å². The van der Waals surface area contributed by atoms with E-state index < -0.39 is 94.7 Å². The standard InChI is InChI=1S/C87H94N10O20P2/c1-56(2)97(57(3)4)118(110-45-16-41-88)116-73-49-79(115-76(73)55-112-119(111-46-17-42-89)117-74-50-80(96-52-58(5)81(99)93-84(96)102)114-75(74)54-109-87(62-18-10-9-11-19-62,63-30-36-65(105-7)37-31-63)64-32-38-66(106-8)39-33-64)95-43-40-77(92-83(95)101)91-82(100)61-28-24-60(25-29-61)51-90-78(98)48-59-26-34-67(35-27-59)113-86(104)107-47-44-94(6)85(103)108-53-72-70-22-14-12-20-68(70)69-21-13-15-23-71(69)72/h9-15,18-40,43,52,56-57,72-76,79-80H,16-17,44-51,53-55H2,1-8H3,(H,90,98)(H,93,99,102)(H,91,92,100,101). The van der Waals surface area contributed by atoms with Gasteiger partial charge in [0, 0.05) is 68.0 Å². The number of likely N-dealkylation sites (N-methyl/N-ethyl adjacent to an activating group) is 1. The number of aromatic nitrogens is 4. The van der Waals surface area contributed by atoms with E-state index in [0.717, 1.165) is 38.9 Å². The Morgan fingerprint density at radius 1 is 0.639 bits per heavy atom. The van der Waals surface area contributed by atoms with Gasteiger partial charge in [-0.05, 0) is 139 Å². The maximum absolute atomic E-state index is 14.2. The van der Waals surface area contributed by atoms with E-state index in [1.165, 1.54) is 44.6 Å². The van der Waals surface area contributed by atoms with Crippen molar-refractivity contribution in [3.05, 3.63) is 276 Å². The average Bonchev–Trinajstić information content (AvgIpc) is 1.51. The summed E-state index contributed by atoms with van der Waals surface area (Å²) in [6, 6.07) is 59.0. The molecule has 2 fully saturated rings. The summed E-state index contributed by atoms with van der Waals surface area (Å²) in [5, 5.41) is 25.0. The highest BCUT2D eigenvalue weighted by Crippen LogP contribution is 2.53. The van der Waals surface area contributed by atoms with Gasteiger partial charge in [-0.3, -0.25) is 28.5 Å². The fraction of sp³-hybridized carbons (Fsp3) is 0.356. The second kappa shape index (κ2) is 41.4. The van der Waals surface area contributed by atoms with Crippen LogP contribution in [-0.4, -0.2) is 157 Å². The second-order valence-corrected chi connectivity index (χ2v) is 31.4. The van der Waals surface area contributed by atoms with Crippen molar-refractivity contribution >= 4 is 47.0 Å². The van der Waals surface area contributed by atoms with Crippen molar-refractivity contribution in [2.45, 2.75) is 134 Å². The molecular weight excluding hydrogens is 1570 g/mol. The summed E-state index contributed by atoms with van der Waals surface area (Å²) < 4.78 is 86.1. The molecule has 4 heterocycles. The van der Waals surface area contributed by atoms with Crippen LogP contribution in [0, 0.1) is 29.6 Å². The van der Waals surface area contributed by atoms with E-state index in [1.54, 1.807) is 64.6 Å². The van der Waals surface area contributed by atoms with Crippen LogP contribution in [0.3, 0.4) is 0 Å². The molecule has 8 atom stereocenters. The van der Waals surface area contributed by atoms with Gasteiger partial charge in [-0.1, -0.05) is 127 Å². The number of nitrogens with one attached hydrogen (secondary N) is 3. The van der Waals surface area contributed by atoms with Crippen molar-refractivity contribution in [3.8, 4) is 40.5 Å². The molecule has 0 spiro atoms. The summed E-state index contributed by atoms with van der Waals surface area (Å²) in [7, 11) is 0.342. The molecule has 2 saturated heterocycles. The van der Waals surface area contributed by atoms with Gasteiger partial charge in [0.1, 0.15) is 66.5 Å². The third-order valence-electron chi connectivity index (χ3n) is 20.2. The molecule has 3 amide bonds. The second-order valence-electron chi connectivity index (χ2n) is 28.8. The quantitative estimate of drug-likeness (QED) is 0.0106. The van der Waals surface area contributed by atoms with Crippen molar-refractivity contribution < 1.29 is 79.7 Å². The van der Waals surface area contributed by atoms with E-state index in [4.69, 9.17) is 60.5 Å². The molecule has 119 heavy (non-hydrogen) atoms. The number of rotatable bonds is 38. The van der Waals surface area contributed by atoms with Crippen molar-refractivity contribution in [1.82, 2.24) is 34.0 Å². The summed E-state index contributed by atoms with van der Waals surface area (Å²) in [5.41, 5.74) is 5.03. The van der Waals surface area contributed by atoms with Gasteiger partial charge in [-0.15, -0.1) is 0 Å². The summed E-state index contributed by atoms with van der Waals surface area (Å²) in [5.74, 6) is 0.377. The van der Waals surface area contributed by atoms with Crippen LogP contribution in [0.5, 0.6) is 17.2 Å². The monoisotopic (exact) mass is 1660 g/mol. The first-order chi connectivity index (χ1) is 57.6. The lowest BCUT2D eigenvalue weighted by Crippen LogP contribution is -2.38. The zero-order chi connectivity index (χ0) is 84.1. The number of nitrogens with zero attached hydrogens (tertiary/aromatic N) is 7. The summed E-state index contributed by atoms with van der Waals surface area (Å²) in [4.78, 5) is 101. The number of ether oxygens (including phenoxy) is 8. The number of aryl methyl sites for hydroxylation is 1. The van der Waals surface area contributed by atoms with Gasteiger partial charge >= 0.3 is 32.2 Å². The van der Waals surface area contributed by atoms with Gasteiger partial charge in [-0.2, -0.15) is 15.5 Å². The fourth-order valence-corrected chi connectivity index (χ4v) is 17.1. The van der Waals surface area contributed by atoms with E-state index in [2.05, 4.69) is 44.9 Å². The zero-order valence-electron chi connectivity index (χ0n) is 67.1. The van der Waals surface area contributed by atoms with Crippen molar-refractivity contribution in [2.75, 3.05) is 72.8 Å². The number of amides is 3. The number of hydrogen-bond acceptors (Lipinski definition) is 24. The van der Waals surface area contributed by atoms with Crippen molar-refractivity contribution in [1.29, 1.82) is 10.5 Å². The first kappa shape index (κ1) is 87.0. The van der Waals surface area contributed by atoms with Gasteiger partial charge in [0.25, 0.3) is 20.0 Å². The predicted octanol–water partition coefficient (Wildman–Crippen LogP) is 13.4. The molecule has 1 aliphatic carbocycles. The Balaban J connectivity index is 0.681. The van der Waals surface area contributed by atoms with Crippen LogP contribution in [0.2, 0.25) is 0 Å². The predicted molar refractivity (Wildman–Crippen MR) is 440 cm³/mol. The highest BCUT2D eigenvalue weighted by atomic mass is 31.2. The molecule has 2 aliphatic heterocycles. The number of methoxy groups -OCH3 is 2. The lowest BCUT2D eigenvalue weighted by molar-refractivity contribution is -0.120. The minimum absolute atomic E-state index is 0.00588. The van der Waals surface area contributed by atoms with Gasteiger partial charge in [-0.25, -0.2) is 23.8 Å². The van der Waals surface area contributed by atoms with Gasteiger partial charge in [0.2, 0.25) is 5.91 Å². The summed E-state index contributed by atoms with van der Waals surface area (Å²) in [6.45, 7) is 9.18. The van der Waals surface area contributed by atoms with Crippen molar-refractivity contribution in [3.63, 3.8) is 0 Å². The molecule has 2 aromatic heterocycles. The molecular formula is C87H94N10O20P2. The van der Waals surface area contributed by atoms with Crippen LogP contribution in [0.15, 0.2) is 209 Å². The van der Waals surface area contributed by atoms with E-state index >= 15 is 0 Å². The Hall–Kier alpha value is -11.3. The fourth-order valence-electron chi connectivity index (χ4n) is 14.2. The number of fused-ring (bicyclic) bond motifs is 3. The average molecular weight is 1660 g/mol. The highest BCUT2D eigenvalue weighted by Gasteiger charge is 2.47. The Morgan fingerprint density at radius 3 is 1.81 bits per heavy atom. The highest BCUT2D eigenvalue weighted by molar-refractivity contribution is 7.44. The third-order valence-corrected chi connectivity index (χ3v) is 23.5. The zero-order valence-corrected chi connectivity index (χ0v) is 68.8. The Kier molecular flexibility index (Phi) is 30.2. The molecule has 0 saturated carbocycles. The topological polar surface area (TPSA) is 356 Å². The third kappa shape index (κ3) is 22.0. The molecule has 8 unspecified atom stereocenters. The Morgan fingerprint density at radius 2 is 1.20 bits per heavy atom.